The Morgan fingerprint density at radius 2 is 1.64 bits per heavy atom. The summed E-state index contributed by atoms with van der Waals surface area (Å²) < 4.78 is 5.90. The second-order valence-corrected chi connectivity index (χ2v) is 6.29. The summed E-state index contributed by atoms with van der Waals surface area (Å²) in [7, 11) is 0. The highest BCUT2D eigenvalue weighted by atomic mass is 35.5. The van der Waals surface area contributed by atoms with Gasteiger partial charge in [-0.15, -0.1) is 0 Å². The topological polar surface area (TPSA) is 56.8 Å². The molecule has 1 fully saturated rings. The molecule has 0 aliphatic carbocycles. The molecule has 2 atom stereocenters. The third-order valence-electron chi connectivity index (χ3n) is 4.29. The van der Waals surface area contributed by atoms with Crippen molar-refractivity contribution in [3.05, 3.63) is 47.2 Å². The third kappa shape index (κ3) is 3.36. The largest absolute Gasteiger partial charge is 0.460 e. The van der Waals surface area contributed by atoms with Gasteiger partial charge in [0.1, 0.15) is 11.5 Å². The van der Waals surface area contributed by atoms with Gasteiger partial charge >= 0.3 is 0 Å². The van der Waals surface area contributed by atoms with E-state index >= 15 is 0 Å². The minimum Gasteiger partial charge on any atom is -0.460 e. The standard InChI is InChI=1S/C17H20ClNO3/c18-15-3-1-12(2-4-15)17-6-5-16(22-17)9-19-7-13(10-20)14(8-19)11-21/h1-6,13-14,20-21H,7-11H2/t13-,14-/m0/s1. The fourth-order valence-corrected chi connectivity index (χ4v) is 3.16. The number of halogens is 1. The molecule has 4 nitrogen and oxygen atoms in total. The smallest absolute Gasteiger partial charge is 0.134 e. The van der Waals surface area contributed by atoms with E-state index in [1.54, 1.807) is 0 Å². The summed E-state index contributed by atoms with van der Waals surface area (Å²) in [5, 5.41) is 19.4. The van der Waals surface area contributed by atoms with Gasteiger partial charge < -0.3 is 14.6 Å². The van der Waals surface area contributed by atoms with Crippen molar-refractivity contribution in [1.29, 1.82) is 0 Å². The highest BCUT2D eigenvalue weighted by molar-refractivity contribution is 6.30. The Balaban J connectivity index is 1.66. The van der Waals surface area contributed by atoms with E-state index in [0.717, 1.165) is 30.2 Å². The highest BCUT2D eigenvalue weighted by Gasteiger charge is 2.31. The fraction of sp³-hybridized carbons (Fsp3) is 0.412. The number of aliphatic hydroxyl groups is 2. The van der Waals surface area contributed by atoms with Crippen molar-refractivity contribution in [3.8, 4) is 11.3 Å². The molecule has 1 saturated heterocycles. The number of aliphatic hydroxyl groups excluding tert-OH is 2. The Kier molecular flexibility index (Phi) is 4.84. The normalized spacial score (nSPS) is 22.3. The monoisotopic (exact) mass is 321 g/mol. The SMILES string of the molecule is OC[C@@H]1CN(Cc2ccc(-c3ccc(Cl)cc3)o2)C[C@H]1CO. The van der Waals surface area contributed by atoms with Gasteiger partial charge in [-0.3, -0.25) is 4.90 Å². The van der Waals surface area contributed by atoms with Crippen LogP contribution < -0.4 is 0 Å². The van der Waals surface area contributed by atoms with Crippen LogP contribution in [0.25, 0.3) is 11.3 Å². The van der Waals surface area contributed by atoms with Crippen molar-refractivity contribution < 1.29 is 14.6 Å². The number of likely N-dealkylation sites (tertiary alicyclic amines) is 1. The number of furan rings is 1. The van der Waals surface area contributed by atoms with E-state index in [1.165, 1.54) is 0 Å². The number of benzene rings is 1. The summed E-state index contributed by atoms with van der Waals surface area (Å²) in [6, 6.07) is 11.5. The summed E-state index contributed by atoms with van der Waals surface area (Å²) in [6.07, 6.45) is 0. The zero-order valence-corrected chi connectivity index (χ0v) is 13.0. The Hall–Kier alpha value is -1.33. The van der Waals surface area contributed by atoms with E-state index in [-0.39, 0.29) is 25.0 Å². The van der Waals surface area contributed by atoms with E-state index < -0.39 is 0 Å². The summed E-state index contributed by atoms with van der Waals surface area (Å²) in [6.45, 7) is 2.52. The molecular weight excluding hydrogens is 302 g/mol. The van der Waals surface area contributed by atoms with Crippen molar-refractivity contribution in [2.75, 3.05) is 26.3 Å². The van der Waals surface area contributed by atoms with E-state index in [0.29, 0.717) is 11.6 Å². The molecule has 2 heterocycles. The predicted molar refractivity (Wildman–Crippen MR) is 85.6 cm³/mol. The Bertz CT molecular complexity index is 599. The maximum Gasteiger partial charge on any atom is 0.134 e. The van der Waals surface area contributed by atoms with Crippen LogP contribution in [0.5, 0.6) is 0 Å². The second kappa shape index (κ2) is 6.84. The van der Waals surface area contributed by atoms with Gasteiger partial charge in [-0.1, -0.05) is 11.6 Å². The van der Waals surface area contributed by atoms with Crippen LogP contribution in [-0.2, 0) is 6.54 Å². The third-order valence-corrected chi connectivity index (χ3v) is 4.54. The van der Waals surface area contributed by atoms with Gasteiger partial charge in [0.15, 0.2) is 0 Å². The molecule has 5 heteroatoms. The molecule has 0 saturated carbocycles. The van der Waals surface area contributed by atoms with Gasteiger partial charge in [0, 0.05) is 48.7 Å². The second-order valence-electron chi connectivity index (χ2n) is 5.85. The van der Waals surface area contributed by atoms with E-state index in [2.05, 4.69) is 4.90 Å². The lowest BCUT2D eigenvalue weighted by molar-refractivity contribution is 0.152. The van der Waals surface area contributed by atoms with Crippen LogP contribution in [0.3, 0.4) is 0 Å². The quantitative estimate of drug-likeness (QED) is 0.889. The van der Waals surface area contributed by atoms with Crippen molar-refractivity contribution in [3.63, 3.8) is 0 Å². The van der Waals surface area contributed by atoms with Gasteiger partial charge in [0.25, 0.3) is 0 Å². The average molecular weight is 322 g/mol. The number of nitrogens with zero attached hydrogens (tertiary/aromatic N) is 1. The van der Waals surface area contributed by atoms with Gasteiger partial charge in [0.05, 0.1) is 6.54 Å². The first kappa shape index (κ1) is 15.6. The number of hydrogen-bond acceptors (Lipinski definition) is 4. The first-order valence-electron chi connectivity index (χ1n) is 7.48. The van der Waals surface area contributed by atoms with E-state index in [1.807, 2.05) is 36.4 Å². The lowest BCUT2D eigenvalue weighted by Crippen LogP contribution is -2.20. The van der Waals surface area contributed by atoms with Gasteiger partial charge in [-0.05, 0) is 36.4 Å². The Morgan fingerprint density at radius 3 is 2.23 bits per heavy atom. The Labute approximate surface area is 134 Å². The van der Waals surface area contributed by atoms with Crippen molar-refractivity contribution in [2.24, 2.45) is 11.8 Å². The van der Waals surface area contributed by atoms with E-state index in [9.17, 15) is 10.2 Å². The van der Waals surface area contributed by atoms with Crippen molar-refractivity contribution in [2.45, 2.75) is 6.54 Å². The summed E-state index contributed by atoms with van der Waals surface area (Å²) >= 11 is 5.89. The van der Waals surface area contributed by atoms with Crippen LogP contribution in [0.4, 0.5) is 0 Å². The molecule has 0 amide bonds. The van der Waals surface area contributed by atoms with Crippen LogP contribution in [-0.4, -0.2) is 41.4 Å². The van der Waals surface area contributed by atoms with E-state index in [4.69, 9.17) is 16.0 Å². The molecule has 2 N–H and O–H groups in total. The van der Waals surface area contributed by atoms with Crippen LogP contribution >= 0.6 is 11.6 Å². The molecule has 22 heavy (non-hydrogen) atoms. The maximum absolute atomic E-state index is 9.35. The number of rotatable bonds is 5. The molecule has 0 spiro atoms. The zero-order valence-electron chi connectivity index (χ0n) is 12.3. The summed E-state index contributed by atoms with van der Waals surface area (Å²) in [5.41, 5.74) is 0.999. The molecule has 1 aliphatic rings. The minimum absolute atomic E-state index is 0.121. The first-order chi connectivity index (χ1) is 10.7. The minimum atomic E-state index is 0.121. The molecule has 1 aliphatic heterocycles. The summed E-state index contributed by atoms with van der Waals surface area (Å²) in [5.74, 6) is 2.01. The van der Waals surface area contributed by atoms with Crippen molar-refractivity contribution >= 4 is 11.6 Å². The lowest BCUT2D eigenvalue weighted by Gasteiger charge is -2.13. The highest BCUT2D eigenvalue weighted by Crippen LogP contribution is 2.27. The van der Waals surface area contributed by atoms with Crippen LogP contribution in [0.1, 0.15) is 5.76 Å². The molecule has 0 radical (unpaired) electrons. The first-order valence-corrected chi connectivity index (χ1v) is 7.86. The average Bonchev–Trinajstić information content (AvgIpc) is 3.15. The van der Waals surface area contributed by atoms with Crippen LogP contribution in [0.15, 0.2) is 40.8 Å². The molecule has 1 aromatic heterocycles. The van der Waals surface area contributed by atoms with Crippen molar-refractivity contribution in [1.82, 2.24) is 4.90 Å². The lowest BCUT2D eigenvalue weighted by atomic mass is 9.98. The summed E-state index contributed by atoms with van der Waals surface area (Å²) in [4.78, 5) is 2.21. The predicted octanol–water partition coefficient (Wildman–Crippen LogP) is 2.63. The molecule has 2 aromatic rings. The van der Waals surface area contributed by atoms with Crippen LogP contribution in [0.2, 0.25) is 5.02 Å². The fourth-order valence-electron chi connectivity index (χ4n) is 3.03. The van der Waals surface area contributed by atoms with Gasteiger partial charge in [-0.2, -0.15) is 0 Å². The zero-order chi connectivity index (χ0) is 15.5. The molecule has 0 bridgehead atoms. The van der Waals surface area contributed by atoms with Crippen LogP contribution in [0, 0.1) is 11.8 Å². The molecule has 1 aromatic carbocycles. The maximum atomic E-state index is 9.35. The molecule has 118 valence electrons. The molecule has 3 rings (SSSR count). The number of hydrogen-bond donors (Lipinski definition) is 2. The Morgan fingerprint density at radius 1 is 1.00 bits per heavy atom. The molecule has 0 unspecified atom stereocenters. The van der Waals surface area contributed by atoms with Gasteiger partial charge in [0.2, 0.25) is 0 Å². The van der Waals surface area contributed by atoms with Gasteiger partial charge in [-0.25, -0.2) is 0 Å². The molecular formula is C17H20ClNO3.